The van der Waals surface area contributed by atoms with Crippen molar-refractivity contribution in [3.8, 4) is 11.1 Å². The highest BCUT2D eigenvalue weighted by Crippen LogP contribution is 2.38. The van der Waals surface area contributed by atoms with Crippen LogP contribution in [0.3, 0.4) is 0 Å². The van der Waals surface area contributed by atoms with Gasteiger partial charge < -0.3 is 25.4 Å². The maximum Gasteiger partial charge on any atom is 0.225 e. The lowest BCUT2D eigenvalue weighted by Crippen LogP contribution is -2.53. The van der Waals surface area contributed by atoms with Crippen LogP contribution in [0.2, 0.25) is 0 Å². The molecule has 1 amide bonds. The number of aliphatic hydroxyl groups is 1. The summed E-state index contributed by atoms with van der Waals surface area (Å²) in [6.07, 6.45) is 7.41. The average Bonchev–Trinajstić information content (AvgIpc) is 3.44. The first-order valence-electron chi connectivity index (χ1n) is 14.7. The van der Waals surface area contributed by atoms with Gasteiger partial charge in [0.25, 0.3) is 0 Å². The quantitative estimate of drug-likeness (QED) is 0.470. The fourth-order valence-electron chi connectivity index (χ4n) is 6.73. The Morgan fingerprint density at radius 2 is 1.77 bits per heavy atom. The lowest BCUT2D eigenvalue weighted by Gasteiger charge is -2.43. The van der Waals surface area contributed by atoms with Crippen molar-refractivity contribution in [2.75, 3.05) is 57.9 Å². The fourth-order valence-corrected chi connectivity index (χ4v) is 6.73. The predicted octanol–water partition coefficient (Wildman–Crippen LogP) is 2.71. The van der Waals surface area contributed by atoms with Crippen LogP contribution in [0.1, 0.15) is 38.2 Å². The minimum atomic E-state index is -0.293. The molecule has 3 N–H and O–H groups in total. The van der Waals surface area contributed by atoms with Gasteiger partial charge in [0.2, 0.25) is 5.91 Å². The molecule has 1 aromatic carbocycles. The number of rotatable bonds is 7. The van der Waals surface area contributed by atoms with E-state index in [4.69, 9.17) is 10.5 Å². The number of hydrogen-bond acceptors (Lipinski definition) is 7. The Kier molecular flexibility index (Phi) is 7.56. The van der Waals surface area contributed by atoms with Crippen LogP contribution in [-0.4, -0.2) is 95.5 Å². The zero-order valence-corrected chi connectivity index (χ0v) is 23.7. The molecule has 0 unspecified atom stereocenters. The molecule has 2 aromatic heterocycles. The first kappa shape index (κ1) is 27.2. The number of benzene rings is 1. The van der Waals surface area contributed by atoms with Gasteiger partial charge in [-0.1, -0.05) is 24.3 Å². The summed E-state index contributed by atoms with van der Waals surface area (Å²) in [5.74, 6) is 0.394. The number of hydrogen-bond donors (Lipinski definition) is 2. The molecule has 4 heterocycles. The lowest BCUT2D eigenvalue weighted by atomic mass is 9.80. The molecule has 3 fully saturated rings. The summed E-state index contributed by atoms with van der Waals surface area (Å²) in [6.45, 7) is 7.19. The van der Waals surface area contributed by atoms with Crippen molar-refractivity contribution in [3.63, 3.8) is 0 Å². The molecular formula is C31H42N6O3. The molecule has 9 nitrogen and oxygen atoms in total. The smallest absolute Gasteiger partial charge is 0.225 e. The van der Waals surface area contributed by atoms with Gasteiger partial charge in [0.05, 0.1) is 23.4 Å². The van der Waals surface area contributed by atoms with Crippen molar-refractivity contribution in [1.82, 2.24) is 19.4 Å². The molecule has 3 aliphatic rings. The monoisotopic (exact) mass is 546 g/mol. The van der Waals surface area contributed by atoms with Crippen LogP contribution in [0.15, 0.2) is 48.8 Å². The molecule has 2 aliphatic heterocycles. The van der Waals surface area contributed by atoms with Gasteiger partial charge in [0.15, 0.2) is 0 Å². The Morgan fingerprint density at radius 3 is 2.40 bits per heavy atom. The second kappa shape index (κ2) is 11.1. The van der Waals surface area contributed by atoms with Gasteiger partial charge in [0, 0.05) is 82.3 Å². The average molecular weight is 547 g/mol. The van der Waals surface area contributed by atoms with Gasteiger partial charge in [0.1, 0.15) is 0 Å². The number of fused-ring (bicyclic) bond motifs is 1. The summed E-state index contributed by atoms with van der Waals surface area (Å²) >= 11 is 0. The van der Waals surface area contributed by atoms with Gasteiger partial charge in [-0.2, -0.15) is 5.10 Å². The minimum Gasteiger partial charge on any atom is -0.395 e. The Balaban J connectivity index is 1.16. The van der Waals surface area contributed by atoms with Crippen LogP contribution in [0.4, 0.5) is 5.69 Å². The second-order valence-electron chi connectivity index (χ2n) is 11.9. The SMILES string of the molecule is COC1(c2ccc(-c3cc4c(N5CCN(C(=O)[C@H]6C[C@H](N)C6)CC5)ccnn4c3)cc2)CCN([C@H](C)CO)CC1. The topological polar surface area (TPSA) is 99.6 Å². The minimum absolute atomic E-state index is 0.121. The Bertz CT molecular complexity index is 1320. The summed E-state index contributed by atoms with van der Waals surface area (Å²) in [6, 6.07) is 13.4. The number of carbonyl (C=O) groups excluding carboxylic acids is 1. The molecule has 0 bridgehead atoms. The van der Waals surface area contributed by atoms with Crippen LogP contribution < -0.4 is 10.6 Å². The Labute approximate surface area is 236 Å². The first-order valence-corrected chi connectivity index (χ1v) is 14.7. The highest BCUT2D eigenvalue weighted by atomic mass is 16.5. The highest BCUT2D eigenvalue weighted by Gasteiger charge is 2.38. The van der Waals surface area contributed by atoms with E-state index >= 15 is 0 Å². The van der Waals surface area contributed by atoms with Crippen LogP contribution in [-0.2, 0) is 15.1 Å². The number of piperazine rings is 1. The Morgan fingerprint density at radius 1 is 1.07 bits per heavy atom. The molecule has 6 rings (SSSR count). The molecule has 1 atom stereocenters. The van der Waals surface area contributed by atoms with E-state index in [2.05, 4.69) is 64.4 Å². The van der Waals surface area contributed by atoms with Gasteiger partial charge >= 0.3 is 0 Å². The molecule has 0 radical (unpaired) electrons. The molecule has 1 saturated carbocycles. The van der Waals surface area contributed by atoms with Crippen molar-refractivity contribution >= 4 is 17.1 Å². The van der Waals surface area contributed by atoms with E-state index in [1.807, 2.05) is 22.7 Å². The Hall–Kier alpha value is -2.98. The molecule has 2 saturated heterocycles. The van der Waals surface area contributed by atoms with Crippen LogP contribution in [0.5, 0.6) is 0 Å². The zero-order valence-electron chi connectivity index (χ0n) is 23.7. The maximum absolute atomic E-state index is 12.8. The summed E-state index contributed by atoms with van der Waals surface area (Å²) in [5, 5.41) is 14.1. The molecule has 40 heavy (non-hydrogen) atoms. The normalized spacial score (nSPS) is 24.2. The van der Waals surface area contributed by atoms with Crippen molar-refractivity contribution in [2.45, 2.75) is 50.3 Å². The number of piperidine rings is 1. The van der Waals surface area contributed by atoms with E-state index < -0.39 is 0 Å². The summed E-state index contributed by atoms with van der Waals surface area (Å²) < 4.78 is 8.07. The number of carbonyl (C=O) groups is 1. The molecule has 9 heteroatoms. The number of aliphatic hydroxyl groups excluding tert-OH is 1. The molecule has 1 aliphatic carbocycles. The maximum atomic E-state index is 12.8. The van der Waals surface area contributed by atoms with E-state index in [-0.39, 0.29) is 36.1 Å². The fraction of sp³-hybridized carbons (Fsp3) is 0.548. The van der Waals surface area contributed by atoms with Gasteiger partial charge in [-0.25, -0.2) is 4.52 Å². The van der Waals surface area contributed by atoms with Crippen LogP contribution in [0.25, 0.3) is 16.6 Å². The number of anilines is 1. The van der Waals surface area contributed by atoms with Gasteiger partial charge in [-0.05, 0) is 55.9 Å². The number of nitrogens with zero attached hydrogens (tertiary/aromatic N) is 5. The summed E-state index contributed by atoms with van der Waals surface area (Å²) in [4.78, 5) is 19.5. The van der Waals surface area contributed by atoms with Crippen LogP contribution in [0, 0.1) is 5.92 Å². The van der Waals surface area contributed by atoms with Crippen molar-refractivity contribution in [2.24, 2.45) is 11.7 Å². The number of methoxy groups -OCH3 is 1. The third kappa shape index (κ3) is 5.00. The molecule has 214 valence electrons. The van der Waals surface area contributed by atoms with E-state index in [1.165, 1.54) is 5.56 Å². The number of ether oxygens (including phenoxy) is 1. The highest BCUT2D eigenvalue weighted by molar-refractivity contribution is 5.82. The number of nitrogens with two attached hydrogens (primary N) is 1. The molecule has 0 spiro atoms. The van der Waals surface area contributed by atoms with Crippen LogP contribution >= 0.6 is 0 Å². The van der Waals surface area contributed by atoms with Gasteiger partial charge in [-0.3, -0.25) is 9.69 Å². The van der Waals surface area contributed by atoms with Crippen molar-refractivity contribution in [1.29, 1.82) is 0 Å². The summed E-state index contributed by atoms with van der Waals surface area (Å²) in [5.41, 5.74) is 11.3. The number of aromatic nitrogens is 2. The van der Waals surface area contributed by atoms with E-state index in [9.17, 15) is 9.90 Å². The largest absolute Gasteiger partial charge is 0.395 e. The molecule has 3 aromatic rings. The zero-order chi connectivity index (χ0) is 27.9. The summed E-state index contributed by atoms with van der Waals surface area (Å²) in [7, 11) is 1.81. The van der Waals surface area contributed by atoms with Crippen molar-refractivity contribution in [3.05, 3.63) is 54.4 Å². The number of amides is 1. The predicted molar refractivity (Wildman–Crippen MR) is 156 cm³/mol. The second-order valence-corrected chi connectivity index (χ2v) is 11.9. The third-order valence-corrected chi connectivity index (χ3v) is 9.57. The van der Waals surface area contributed by atoms with E-state index in [0.717, 1.165) is 87.3 Å². The number of likely N-dealkylation sites (tertiary alicyclic amines) is 1. The van der Waals surface area contributed by atoms with E-state index in [1.54, 1.807) is 0 Å². The van der Waals surface area contributed by atoms with E-state index in [0.29, 0.717) is 0 Å². The molecular weight excluding hydrogens is 504 g/mol. The van der Waals surface area contributed by atoms with Gasteiger partial charge in [-0.15, -0.1) is 0 Å². The van der Waals surface area contributed by atoms with Crippen molar-refractivity contribution < 1.29 is 14.6 Å². The lowest BCUT2D eigenvalue weighted by molar-refractivity contribution is -0.139. The first-order chi connectivity index (χ1) is 19.4. The third-order valence-electron chi connectivity index (χ3n) is 9.57. The standard InChI is InChI=1S/C31H42N6O3/c1-22(21-38)34-11-8-31(40-2,9-12-34)26-5-3-23(4-6-26)25-19-29-28(7-10-33-37(29)20-25)35-13-15-36(16-14-35)30(39)24-17-27(32)18-24/h3-7,10,19-20,22,24,27,38H,8-9,11-18,21,32H2,1-2H3/t22-,24-,27-/m1/s1.